The van der Waals surface area contributed by atoms with Crippen molar-refractivity contribution in [2.45, 2.75) is 6.54 Å². The van der Waals surface area contributed by atoms with Crippen molar-refractivity contribution >= 4 is 39.6 Å². The minimum Gasteiger partial charge on any atom is -0.497 e. The molecule has 2 aromatic heterocycles. The maximum Gasteiger partial charge on any atom is 0.205 e. The number of rotatable bonds is 6. The fraction of sp³-hybridized carbons (Fsp3) is 0.0741. The number of benzene rings is 3. The van der Waals surface area contributed by atoms with Crippen molar-refractivity contribution in [2.75, 3.05) is 7.11 Å². The molecule has 0 saturated carbocycles. The average Bonchev–Trinajstić information content (AvgIpc) is 3.46. The molecule has 0 saturated heterocycles. The van der Waals surface area contributed by atoms with E-state index in [9.17, 15) is 4.79 Å². The van der Waals surface area contributed by atoms with Crippen LogP contribution in [0.5, 0.6) is 5.75 Å². The van der Waals surface area contributed by atoms with Crippen LogP contribution in [0, 0.1) is 0 Å². The van der Waals surface area contributed by atoms with Crippen molar-refractivity contribution in [1.29, 1.82) is 0 Å². The van der Waals surface area contributed by atoms with Gasteiger partial charge in [0.25, 0.3) is 0 Å². The van der Waals surface area contributed by atoms with Crippen LogP contribution >= 0.6 is 22.9 Å². The zero-order valence-electron chi connectivity index (χ0n) is 17.4. The summed E-state index contributed by atoms with van der Waals surface area (Å²) < 4.78 is 7.54. The van der Waals surface area contributed by atoms with Crippen molar-refractivity contribution in [2.24, 2.45) is 0 Å². The van der Waals surface area contributed by atoms with E-state index in [0.717, 1.165) is 37.5 Å². The maximum absolute atomic E-state index is 13.6. The van der Waals surface area contributed by atoms with Gasteiger partial charge in [0.1, 0.15) is 5.75 Å². The molecule has 5 rings (SSSR count). The van der Waals surface area contributed by atoms with Crippen LogP contribution in [0.4, 0.5) is 0 Å². The molecule has 0 radical (unpaired) electrons. The lowest BCUT2D eigenvalue weighted by atomic mass is 10.1. The Bertz CT molecular complexity index is 1400. The Morgan fingerprint density at radius 3 is 2.50 bits per heavy atom. The van der Waals surface area contributed by atoms with Gasteiger partial charge >= 0.3 is 0 Å². The van der Waals surface area contributed by atoms with Gasteiger partial charge < -0.3 is 9.30 Å². The number of halogens is 1. The first-order valence-corrected chi connectivity index (χ1v) is 11.4. The molecule has 0 spiro atoms. The highest BCUT2D eigenvalue weighted by atomic mass is 35.5. The van der Waals surface area contributed by atoms with Gasteiger partial charge in [-0.15, -0.1) is 11.3 Å². The molecule has 0 N–H and O–H groups in total. The number of ketones is 1. The lowest BCUT2D eigenvalue weighted by molar-refractivity contribution is 0.104. The normalized spacial score (nSPS) is 11.1. The lowest BCUT2D eigenvalue weighted by Gasteiger charge is -2.06. The number of hydrogen-bond donors (Lipinski definition) is 0. The molecule has 32 heavy (non-hydrogen) atoms. The second-order valence-electron chi connectivity index (χ2n) is 7.54. The molecule has 3 nitrogen and oxygen atoms in total. The monoisotopic (exact) mass is 457 g/mol. The van der Waals surface area contributed by atoms with Crippen molar-refractivity contribution in [3.63, 3.8) is 0 Å². The summed E-state index contributed by atoms with van der Waals surface area (Å²) in [4.78, 5) is 15.4. The van der Waals surface area contributed by atoms with Crippen molar-refractivity contribution in [3.8, 4) is 16.2 Å². The summed E-state index contributed by atoms with van der Waals surface area (Å²) in [6, 6.07) is 27.7. The topological polar surface area (TPSA) is 31.2 Å². The van der Waals surface area contributed by atoms with Gasteiger partial charge in [-0.05, 0) is 53.6 Å². The number of ether oxygens (including phenoxy) is 1. The lowest BCUT2D eigenvalue weighted by Crippen LogP contribution is -1.99. The zero-order chi connectivity index (χ0) is 22.1. The molecule has 3 aromatic carbocycles. The second-order valence-corrected chi connectivity index (χ2v) is 9.06. The standard InChI is InChI=1S/C27H20ClNO2S/c1-31-21-11-12-24-22(15-21)23(17-29(24)16-18-7-9-20(28)10-8-18)27(30)26-14-13-25(32-26)19-5-3-2-4-6-19/h2-15,17H,16H2,1H3. The molecule has 5 aromatic rings. The first-order chi connectivity index (χ1) is 15.6. The number of methoxy groups -OCH3 is 1. The van der Waals surface area contributed by atoms with E-state index in [0.29, 0.717) is 17.1 Å². The van der Waals surface area contributed by atoms with Crippen LogP contribution in [-0.4, -0.2) is 17.5 Å². The van der Waals surface area contributed by atoms with Gasteiger partial charge in [0.2, 0.25) is 5.78 Å². The van der Waals surface area contributed by atoms with E-state index in [1.807, 2.05) is 79.0 Å². The van der Waals surface area contributed by atoms with Crippen molar-refractivity contribution in [3.05, 3.63) is 112 Å². The third kappa shape index (κ3) is 3.95. The first kappa shape index (κ1) is 20.6. The SMILES string of the molecule is COc1ccc2c(c1)c(C(=O)c1ccc(-c3ccccc3)s1)cn2Cc1ccc(Cl)cc1. The number of carbonyl (C=O) groups excluding carboxylic acids is 1. The van der Waals surface area contributed by atoms with Crippen LogP contribution in [0.1, 0.15) is 20.8 Å². The molecule has 0 unspecified atom stereocenters. The molecule has 0 aliphatic heterocycles. The van der Waals surface area contributed by atoms with Gasteiger partial charge in [0.15, 0.2) is 0 Å². The number of aromatic nitrogens is 1. The highest BCUT2D eigenvalue weighted by Crippen LogP contribution is 2.33. The summed E-state index contributed by atoms with van der Waals surface area (Å²) in [5, 5.41) is 1.59. The van der Waals surface area contributed by atoms with E-state index in [4.69, 9.17) is 16.3 Å². The number of nitrogens with zero attached hydrogens (tertiary/aromatic N) is 1. The number of fused-ring (bicyclic) bond motifs is 1. The molecular weight excluding hydrogens is 438 g/mol. The zero-order valence-corrected chi connectivity index (χ0v) is 19.0. The van der Waals surface area contributed by atoms with Crippen LogP contribution in [0.15, 0.2) is 91.1 Å². The average molecular weight is 458 g/mol. The van der Waals surface area contributed by atoms with Crippen LogP contribution in [0.3, 0.4) is 0 Å². The van der Waals surface area contributed by atoms with Gasteiger partial charge in [-0.1, -0.05) is 54.1 Å². The minimum atomic E-state index is 0.0188. The van der Waals surface area contributed by atoms with Crippen LogP contribution in [-0.2, 0) is 6.54 Å². The van der Waals surface area contributed by atoms with Gasteiger partial charge in [-0.3, -0.25) is 4.79 Å². The molecule has 0 atom stereocenters. The van der Waals surface area contributed by atoms with E-state index in [2.05, 4.69) is 16.7 Å². The summed E-state index contributed by atoms with van der Waals surface area (Å²) in [5.74, 6) is 0.747. The van der Waals surface area contributed by atoms with Crippen LogP contribution in [0.25, 0.3) is 21.3 Å². The minimum absolute atomic E-state index is 0.0188. The first-order valence-electron chi connectivity index (χ1n) is 10.2. The summed E-state index contributed by atoms with van der Waals surface area (Å²) in [6.45, 7) is 0.646. The molecule has 0 fully saturated rings. The smallest absolute Gasteiger partial charge is 0.205 e. The third-order valence-electron chi connectivity index (χ3n) is 5.49. The molecule has 158 valence electrons. The Balaban J connectivity index is 1.56. The summed E-state index contributed by atoms with van der Waals surface area (Å²) >= 11 is 7.56. The molecular formula is C27H20ClNO2S. The Kier molecular flexibility index (Phi) is 5.56. The Morgan fingerprint density at radius 1 is 0.969 bits per heavy atom. The summed E-state index contributed by atoms with van der Waals surface area (Å²) in [6.07, 6.45) is 1.95. The van der Waals surface area contributed by atoms with Gasteiger partial charge in [-0.25, -0.2) is 0 Å². The predicted octanol–water partition coefficient (Wildman–Crippen LogP) is 7.31. The van der Waals surface area contributed by atoms with E-state index in [-0.39, 0.29) is 5.78 Å². The largest absolute Gasteiger partial charge is 0.497 e. The van der Waals surface area contributed by atoms with Gasteiger partial charge in [0.05, 0.1) is 12.0 Å². The number of hydrogen-bond acceptors (Lipinski definition) is 3. The predicted molar refractivity (Wildman–Crippen MR) is 132 cm³/mol. The van der Waals surface area contributed by atoms with Crippen LogP contribution in [0.2, 0.25) is 5.02 Å². The highest BCUT2D eigenvalue weighted by Gasteiger charge is 2.19. The fourth-order valence-corrected chi connectivity index (χ4v) is 4.94. The number of thiophene rings is 1. The highest BCUT2D eigenvalue weighted by molar-refractivity contribution is 7.17. The molecule has 0 bridgehead atoms. The quantitative estimate of drug-likeness (QED) is 0.250. The third-order valence-corrected chi connectivity index (χ3v) is 6.87. The Hall–Kier alpha value is -3.34. The molecule has 0 aliphatic rings. The van der Waals surface area contributed by atoms with E-state index in [1.54, 1.807) is 7.11 Å². The van der Waals surface area contributed by atoms with Gasteiger partial charge in [0, 0.05) is 39.1 Å². The molecule has 0 aliphatic carbocycles. The molecule has 2 heterocycles. The van der Waals surface area contributed by atoms with Crippen molar-refractivity contribution in [1.82, 2.24) is 4.57 Å². The summed E-state index contributed by atoms with van der Waals surface area (Å²) in [5.41, 5.74) is 3.89. The second kappa shape index (κ2) is 8.65. The maximum atomic E-state index is 13.6. The van der Waals surface area contributed by atoms with Gasteiger partial charge in [-0.2, -0.15) is 0 Å². The van der Waals surface area contributed by atoms with E-state index >= 15 is 0 Å². The molecule has 5 heteroatoms. The molecule has 0 amide bonds. The fourth-order valence-electron chi connectivity index (χ4n) is 3.85. The Labute approximate surface area is 195 Å². The summed E-state index contributed by atoms with van der Waals surface area (Å²) in [7, 11) is 1.64. The van der Waals surface area contributed by atoms with Crippen molar-refractivity contribution < 1.29 is 9.53 Å². The number of carbonyl (C=O) groups is 1. The van der Waals surface area contributed by atoms with E-state index in [1.165, 1.54) is 11.3 Å². The Morgan fingerprint density at radius 2 is 1.75 bits per heavy atom. The van der Waals surface area contributed by atoms with E-state index < -0.39 is 0 Å². The van der Waals surface area contributed by atoms with Crippen LogP contribution < -0.4 is 4.74 Å².